The zero-order chi connectivity index (χ0) is 9.68. The van der Waals surface area contributed by atoms with Gasteiger partial charge in [0.15, 0.2) is 11.6 Å². The average Bonchev–Trinajstić information content (AvgIpc) is 2.16. The summed E-state index contributed by atoms with van der Waals surface area (Å²) in [6.45, 7) is 2.22. The highest BCUT2D eigenvalue weighted by molar-refractivity contribution is 5.23. The summed E-state index contributed by atoms with van der Waals surface area (Å²) >= 11 is 0. The minimum absolute atomic E-state index is 0.0274. The first-order chi connectivity index (χ1) is 6.24. The van der Waals surface area contributed by atoms with Gasteiger partial charge in [0.05, 0.1) is 6.61 Å². The van der Waals surface area contributed by atoms with E-state index in [4.69, 9.17) is 9.84 Å². The van der Waals surface area contributed by atoms with Gasteiger partial charge in [-0.1, -0.05) is 19.1 Å². The van der Waals surface area contributed by atoms with Crippen molar-refractivity contribution >= 4 is 0 Å². The van der Waals surface area contributed by atoms with Crippen molar-refractivity contribution in [2.45, 2.75) is 6.92 Å². The van der Waals surface area contributed by atoms with Gasteiger partial charge >= 0.3 is 0 Å². The van der Waals surface area contributed by atoms with Crippen LogP contribution in [0.1, 0.15) is 6.92 Å². The standard InChI is InChI=1S/C10H13FO2/c1-8(6-12)7-13-10-5-3-2-4-9(10)11/h2-5,8,12H,6-7H2,1H3. The Labute approximate surface area is 77.0 Å². The van der Waals surface area contributed by atoms with Crippen LogP contribution in [0.5, 0.6) is 5.75 Å². The molecule has 2 nitrogen and oxygen atoms in total. The van der Waals surface area contributed by atoms with E-state index in [1.165, 1.54) is 6.07 Å². The zero-order valence-electron chi connectivity index (χ0n) is 7.53. The zero-order valence-corrected chi connectivity index (χ0v) is 7.53. The lowest BCUT2D eigenvalue weighted by Crippen LogP contribution is -2.12. The molecule has 0 bridgehead atoms. The normalized spacial score (nSPS) is 12.5. The van der Waals surface area contributed by atoms with E-state index in [2.05, 4.69) is 0 Å². The van der Waals surface area contributed by atoms with E-state index in [0.29, 0.717) is 6.61 Å². The van der Waals surface area contributed by atoms with Crippen LogP contribution in [0.15, 0.2) is 24.3 Å². The van der Waals surface area contributed by atoms with Crippen molar-refractivity contribution in [1.82, 2.24) is 0 Å². The fourth-order valence-corrected chi connectivity index (χ4v) is 0.847. The van der Waals surface area contributed by atoms with Crippen LogP contribution < -0.4 is 4.74 Å². The molecule has 1 unspecified atom stereocenters. The molecule has 0 spiro atoms. The maximum absolute atomic E-state index is 13.0. The Kier molecular flexibility index (Phi) is 3.71. The monoisotopic (exact) mass is 184 g/mol. The number of aliphatic hydroxyl groups excluding tert-OH is 1. The minimum atomic E-state index is -0.368. The van der Waals surface area contributed by atoms with E-state index in [9.17, 15) is 4.39 Å². The third kappa shape index (κ3) is 3.03. The number of hydrogen-bond donors (Lipinski definition) is 1. The first-order valence-electron chi connectivity index (χ1n) is 4.22. The molecular formula is C10H13FO2. The van der Waals surface area contributed by atoms with Gasteiger partial charge in [0.2, 0.25) is 0 Å². The topological polar surface area (TPSA) is 29.5 Å². The first-order valence-corrected chi connectivity index (χ1v) is 4.22. The summed E-state index contributed by atoms with van der Waals surface area (Å²) in [5.41, 5.74) is 0. The van der Waals surface area contributed by atoms with Gasteiger partial charge in [0.25, 0.3) is 0 Å². The maximum atomic E-state index is 13.0. The van der Waals surface area contributed by atoms with Gasteiger partial charge in [-0.3, -0.25) is 0 Å². The Morgan fingerprint density at radius 1 is 1.46 bits per heavy atom. The molecule has 1 aromatic carbocycles. The van der Waals surface area contributed by atoms with E-state index in [0.717, 1.165) is 0 Å². The third-order valence-electron chi connectivity index (χ3n) is 1.67. The fraction of sp³-hybridized carbons (Fsp3) is 0.400. The van der Waals surface area contributed by atoms with Crippen molar-refractivity contribution in [1.29, 1.82) is 0 Å². The van der Waals surface area contributed by atoms with Gasteiger partial charge < -0.3 is 9.84 Å². The molecule has 0 fully saturated rings. The molecule has 0 aliphatic carbocycles. The Morgan fingerprint density at radius 3 is 2.77 bits per heavy atom. The van der Waals surface area contributed by atoms with E-state index in [1.807, 2.05) is 6.92 Å². The van der Waals surface area contributed by atoms with Gasteiger partial charge in [-0.05, 0) is 12.1 Å². The van der Waals surface area contributed by atoms with Crippen LogP contribution in [0.25, 0.3) is 0 Å². The quantitative estimate of drug-likeness (QED) is 0.773. The Hall–Kier alpha value is -1.09. The molecule has 1 aromatic rings. The smallest absolute Gasteiger partial charge is 0.165 e. The van der Waals surface area contributed by atoms with Crippen molar-refractivity contribution in [3.05, 3.63) is 30.1 Å². The Morgan fingerprint density at radius 2 is 2.15 bits per heavy atom. The maximum Gasteiger partial charge on any atom is 0.165 e. The van der Waals surface area contributed by atoms with E-state index >= 15 is 0 Å². The van der Waals surface area contributed by atoms with E-state index in [1.54, 1.807) is 18.2 Å². The Bertz CT molecular complexity index is 263. The predicted octanol–water partition coefficient (Wildman–Crippen LogP) is 1.83. The summed E-state index contributed by atoms with van der Waals surface area (Å²) in [4.78, 5) is 0. The Balaban J connectivity index is 2.50. The molecule has 13 heavy (non-hydrogen) atoms. The summed E-state index contributed by atoms with van der Waals surface area (Å²) in [5, 5.41) is 8.71. The fourth-order valence-electron chi connectivity index (χ4n) is 0.847. The van der Waals surface area contributed by atoms with Crippen molar-refractivity contribution in [3.63, 3.8) is 0 Å². The largest absolute Gasteiger partial charge is 0.490 e. The highest BCUT2D eigenvalue weighted by Gasteiger charge is 2.04. The van der Waals surface area contributed by atoms with Gasteiger partial charge in [-0.25, -0.2) is 4.39 Å². The molecule has 0 aliphatic rings. The molecule has 1 rings (SSSR count). The minimum Gasteiger partial charge on any atom is -0.490 e. The number of para-hydroxylation sites is 1. The van der Waals surface area contributed by atoms with Crippen LogP contribution in [0, 0.1) is 11.7 Å². The summed E-state index contributed by atoms with van der Waals surface area (Å²) in [6.07, 6.45) is 0. The van der Waals surface area contributed by atoms with Gasteiger partial charge in [0, 0.05) is 12.5 Å². The number of benzene rings is 1. The summed E-state index contributed by atoms with van der Waals surface area (Å²) < 4.78 is 18.1. The molecule has 1 N–H and O–H groups in total. The molecule has 0 aromatic heterocycles. The molecule has 0 saturated heterocycles. The number of ether oxygens (including phenoxy) is 1. The second kappa shape index (κ2) is 4.82. The van der Waals surface area contributed by atoms with Crippen LogP contribution in [0.2, 0.25) is 0 Å². The summed E-state index contributed by atoms with van der Waals surface area (Å²) in [7, 11) is 0. The molecular weight excluding hydrogens is 171 g/mol. The van der Waals surface area contributed by atoms with Crippen LogP contribution in [-0.2, 0) is 0 Å². The molecule has 0 radical (unpaired) electrons. The van der Waals surface area contributed by atoms with Crippen molar-refractivity contribution in [2.75, 3.05) is 13.2 Å². The lowest BCUT2D eigenvalue weighted by Gasteiger charge is -2.10. The molecule has 1 atom stereocenters. The summed E-state index contributed by atoms with van der Waals surface area (Å²) in [5.74, 6) is -0.102. The average molecular weight is 184 g/mol. The van der Waals surface area contributed by atoms with Gasteiger partial charge in [0.1, 0.15) is 0 Å². The highest BCUT2D eigenvalue weighted by atomic mass is 19.1. The third-order valence-corrected chi connectivity index (χ3v) is 1.67. The number of hydrogen-bond acceptors (Lipinski definition) is 2. The molecule has 72 valence electrons. The second-order valence-electron chi connectivity index (χ2n) is 3.03. The van der Waals surface area contributed by atoms with Crippen LogP contribution in [-0.4, -0.2) is 18.3 Å². The number of halogens is 1. The SMILES string of the molecule is CC(CO)COc1ccccc1F. The molecule has 0 saturated carbocycles. The number of rotatable bonds is 4. The summed E-state index contributed by atoms with van der Waals surface area (Å²) in [6, 6.07) is 6.23. The predicted molar refractivity (Wildman–Crippen MR) is 48.1 cm³/mol. The highest BCUT2D eigenvalue weighted by Crippen LogP contribution is 2.15. The lowest BCUT2D eigenvalue weighted by molar-refractivity contribution is 0.171. The molecule has 0 heterocycles. The second-order valence-corrected chi connectivity index (χ2v) is 3.03. The first kappa shape index (κ1) is 9.99. The van der Waals surface area contributed by atoms with Crippen LogP contribution >= 0.6 is 0 Å². The van der Waals surface area contributed by atoms with Gasteiger partial charge in [-0.15, -0.1) is 0 Å². The van der Waals surface area contributed by atoms with E-state index in [-0.39, 0.29) is 24.1 Å². The number of aliphatic hydroxyl groups is 1. The van der Waals surface area contributed by atoms with Crippen molar-refractivity contribution < 1.29 is 14.2 Å². The molecule has 0 aliphatic heterocycles. The van der Waals surface area contributed by atoms with Crippen molar-refractivity contribution in [2.24, 2.45) is 5.92 Å². The van der Waals surface area contributed by atoms with Gasteiger partial charge in [-0.2, -0.15) is 0 Å². The van der Waals surface area contributed by atoms with Crippen LogP contribution in [0.4, 0.5) is 4.39 Å². The lowest BCUT2D eigenvalue weighted by atomic mass is 10.2. The van der Waals surface area contributed by atoms with Crippen LogP contribution in [0.3, 0.4) is 0 Å². The molecule has 0 amide bonds. The van der Waals surface area contributed by atoms with E-state index < -0.39 is 0 Å². The molecule has 3 heteroatoms. The van der Waals surface area contributed by atoms with Crippen molar-refractivity contribution in [3.8, 4) is 5.75 Å².